The van der Waals surface area contributed by atoms with Crippen LogP contribution >= 0.6 is 23.2 Å². The second kappa shape index (κ2) is 4.50. The fourth-order valence-corrected chi connectivity index (χ4v) is 2.20. The smallest absolute Gasteiger partial charge is 0.227 e. The average Bonchev–Trinajstić information content (AvgIpc) is 2.59. The number of hydrogen-bond donors (Lipinski definition) is 1. The molecule has 17 heavy (non-hydrogen) atoms. The SMILES string of the molecule is NC(=O)C1CC(=O)N(c2cc(Cl)nc(Cl)c2)C1. The molecular formula is C10H9Cl2N3O2. The maximum atomic E-state index is 11.7. The van der Waals surface area contributed by atoms with Gasteiger partial charge in [0.05, 0.1) is 5.92 Å². The van der Waals surface area contributed by atoms with Gasteiger partial charge in [-0.25, -0.2) is 4.98 Å². The Labute approximate surface area is 107 Å². The number of nitrogens with zero attached hydrogens (tertiary/aromatic N) is 2. The number of aromatic nitrogens is 1. The van der Waals surface area contributed by atoms with E-state index >= 15 is 0 Å². The van der Waals surface area contributed by atoms with Crippen LogP contribution in [0.5, 0.6) is 0 Å². The van der Waals surface area contributed by atoms with Crippen molar-refractivity contribution >= 4 is 40.7 Å². The lowest BCUT2D eigenvalue weighted by molar-refractivity contribution is -0.123. The fraction of sp³-hybridized carbons (Fsp3) is 0.300. The summed E-state index contributed by atoms with van der Waals surface area (Å²) < 4.78 is 0. The summed E-state index contributed by atoms with van der Waals surface area (Å²) in [7, 11) is 0. The Morgan fingerprint density at radius 3 is 2.47 bits per heavy atom. The van der Waals surface area contributed by atoms with E-state index in [4.69, 9.17) is 28.9 Å². The van der Waals surface area contributed by atoms with Crippen molar-refractivity contribution in [3.8, 4) is 0 Å². The first kappa shape index (κ1) is 12.1. The van der Waals surface area contributed by atoms with Crippen LogP contribution in [0.25, 0.3) is 0 Å². The summed E-state index contributed by atoms with van der Waals surface area (Å²) in [4.78, 5) is 28.0. The summed E-state index contributed by atoms with van der Waals surface area (Å²) in [6.45, 7) is 0.255. The van der Waals surface area contributed by atoms with Crippen molar-refractivity contribution in [2.45, 2.75) is 6.42 Å². The Morgan fingerprint density at radius 1 is 1.41 bits per heavy atom. The van der Waals surface area contributed by atoms with E-state index in [1.165, 1.54) is 17.0 Å². The highest BCUT2D eigenvalue weighted by molar-refractivity contribution is 6.33. The molecular weight excluding hydrogens is 265 g/mol. The van der Waals surface area contributed by atoms with Gasteiger partial charge in [0.15, 0.2) is 0 Å². The average molecular weight is 274 g/mol. The molecule has 1 fully saturated rings. The molecule has 1 aromatic rings. The molecule has 1 aliphatic heterocycles. The molecule has 1 aromatic heterocycles. The van der Waals surface area contributed by atoms with Crippen molar-refractivity contribution in [2.75, 3.05) is 11.4 Å². The van der Waals surface area contributed by atoms with Crippen molar-refractivity contribution in [3.63, 3.8) is 0 Å². The summed E-state index contributed by atoms with van der Waals surface area (Å²) in [5, 5.41) is 0.394. The number of nitrogens with two attached hydrogens (primary N) is 1. The highest BCUT2D eigenvalue weighted by atomic mass is 35.5. The van der Waals surface area contributed by atoms with Gasteiger partial charge in [-0.05, 0) is 12.1 Å². The highest BCUT2D eigenvalue weighted by Gasteiger charge is 2.34. The quantitative estimate of drug-likeness (QED) is 0.824. The molecule has 0 saturated carbocycles. The fourth-order valence-electron chi connectivity index (χ4n) is 1.76. The predicted molar refractivity (Wildman–Crippen MR) is 63.9 cm³/mol. The summed E-state index contributed by atoms with van der Waals surface area (Å²) in [6.07, 6.45) is 0.118. The molecule has 2 N–H and O–H groups in total. The van der Waals surface area contributed by atoms with E-state index in [2.05, 4.69) is 4.98 Å². The summed E-state index contributed by atoms with van der Waals surface area (Å²) in [5.74, 6) is -1.12. The first-order valence-electron chi connectivity index (χ1n) is 4.90. The molecule has 0 aliphatic carbocycles. The first-order chi connectivity index (χ1) is 7.97. The third-order valence-corrected chi connectivity index (χ3v) is 2.97. The number of rotatable bonds is 2. The van der Waals surface area contributed by atoms with E-state index in [0.29, 0.717) is 5.69 Å². The zero-order valence-electron chi connectivity index (χ0n) is 8.69. The largest absolute Gasteiger partial charge is 0.369 e. The van der Waals surface area contributed by atoms with Gasteiger partial charge >= 0.3 is 0 Å². The van der Waals surface area contributed by atoms with Gasteiger partial charge < -0.3 is 10.6 Å². The third-order valence-electron chi connectivity index (χ3n) is 2.59. The van der Waals surface area contributed by atoms with E-state index in [1.807, 2.05) is 0 Å². The van der Waals surface area contributed by atoms with Crippen LogP contribution in [0.3, 0.4) is 0 Å². The number of amides is 2. The number of halogens is 2. The van der Waals surface area contributed by atoms with Gasteiger partial charge in [-0.15, -0.1) is 0 Å². The summed E-state index contributed by atoms with van der Waals surface area (Å²) in [5.41, 5.74) is 5.71. The lowest BCUT2D eigenvalue weighted by Crippen LogP contribution is -2.28. The van der Waals surface area contributed by atoms with Crippen LogP contribution in [-0.2, 0) is 9.59 Å². The molecule has 0 spiro atoms. The van der Waals surface area contributed by atoms with Crippen molar-refractivity contribution in [2.24, 2.45) is 11.7 Å². The van der Waals surface area contributed by atoms with Gasteiger partial charge in [0.2, 0.25) is 11.8 Å². The summed E-state index contributed by atoms with van der Waals surface area (Å²) in [6, 6.07) is 3.05. The molecule has 90 valence electrons. The van der Waals surface area contributed by atoms with Gasteiger partial charge in [-0.1, -0.05) is 23.2 Å². The van der Waals surface area contributed by atoms with E-state index < -0.39 is 11.8 Å². The van der Waals surface area contributed by atoms with Crippen LogP contribution in [0.1, 0.15) is 6.42 Å². The van der Waals surface area contributed by atoms with E-state index in [0.717, 1.165) is 0 Å². The molecule has 5 nitrogen and oxygen atoms in total. The monoisotopic (exact) mass is 273 g/mol. The Kier molecular flexibility index (Phi) is 3.22. The topological polar surface area (TPSA) is 76.3 Å². The van der Waals surface area contributed by atoms with Crippen molar-refractivity contribution < 1.29 is 9.59 Å². The van der Waals surface area contributed by atoms with Gasteiger partial charge in [-0.3, -0.25) is 9.59 Å². The number of primary amides is 1. The second-order valence-electron chi connectivity index (χ2n) is 3.78. The molecule has 2 rings (SSSR count). The van der Waals surface area contributed by atoms with Crippen LogP contribution < -0.4 is 10.6 Å². The molecule has 2 heterocycles. The van der Waals surface area contributed by atoms with Gasteiger partial charge in [0.1, 0.15) is 10.3 Å². The van der Waals surface area contributed by atoms with E-state index in [-0.39, 0.29) is 29.2 Å². The highest BCUT2D eigenvalue weighted by Crippen LogP contribution is 2.28. The van der Waals surface area contributed by atoms with Crippen LogP contribution in [0.2, 0.25) is 10.3 Å². The molecule has 0 radical (unpaired) electrons. The van der Waals surface area contributed by atoms with Crippen molar-refractivity contribution in [1.82, 2.24) is 4.98 Å². The summed E-state index contributed by atoms with van der Waals surface area (Å²) >= 11 is 11.5. The second-order valence-corrected chi connectivity index (χ2v) is 4.55. The minimum Gasteiger partial charge on any atom is -0.369 e. The maximum Gasteiger partial charge on any atom is 0.227 e. The first-order valence-corrected chi connectivity index (χ1v) is 5.65. The molecule has 1 unspecified atom stereocenters. The molecule has 2 amide bonds. The van der Waals surface area contributed by atoms with Crippen LogP contribution in [0, 0.1) is 5.92 Å². The standard InChI is InChI=1S/C10H9Cl2N3O2/c11-7-2-6(3-8(12)14-7)15-4-5(10(13)17)1-9(15)16/h2-3,5H,1,4H2,(H2,13,17). The van der Waals surface area contributed by atoms with Crippen molar-refractivity contribution in [1.29, 1.82) is 0 Å². The minimum atomic E-state index is -0.480. The number of hydrogen-bond acceptors (Lipinski definition) is 3. The number of carbonyl (C=O) groups excluding carboxylic acids is 2. The van der Waals surface area contributed by atoms with Crippen LogP contribution in [-0.4, -0.2) is 23.3 Å². The van der Waals surface area contributed by atoms with E-state index in [1.54, 1.807) is 0 Å². The Morgan fingerprint density at radius 2 is 2.00 bits per heavy atom. The van der Waals surface area contributed by atoms with Crippen molar-refractivity contribution in [3.05, 3.63) is 22.4 Å². The lowest BCUT2D eigenvalue weighted by Gasteiger charge is -2.16. The van der Waals surface area contributed by atoms with Gasteiger partial charge in [0, 0.05) is 18.7 Å². The number of pyridine rings is 1. The van der Waals surface area contributed by atoms with Gasteiger partial charge in [0.25, 0.3) is 0 Å². The Hall–Kier alpha value is -1.33. The molecule has 1 saturated heterocycles. The minimum absolute atomic E-state index is 0.118. The zero-order chi connectivity index (χ0) is 12.6. The van der Waals surface area contributed by atoms with Gasteiger partial charge in [-0.2, -0.15) is 0 Å². The molecule has 0 aromatic carbocycles. The van der Waals surface area contributed by atoms with E-state index in [9.17, 15) is 9.59 Å². The Bertz CT molecular complexity index is 472. The lowest BCUT2D eigenvalue weighted by atomic mass is 10.1. The third kappa shape index (κ3) is 2.50. The van der Waals surface area contributed by atoms with Crippen LogP contribution in [0.15, 0.2) is 12.1 Å². The normalized spacial score (nSPS) is 19.8. The zero-order valence-corrected chi connectivity index (χ0v) is 10.2. The molecule has 1 atom stereocenters. The molecule has 1 aliphatic rings. The maximum absolute atomic E-state index is 11.7. The Balaban J connectivity index is 2.28. The molecule has 0 bridgehead atoms. The van der Waals surface area contributed by atoms with Crippen LogP contribution in [0.4, 0.5) is 5.69 Å². The number of carbonyl (C=O) groups is 2. The number of anilines is 1. The predicted octanol–water partition coefficient (Wildman–Crippen LogP) is 1.23. The molecule has 7 heteroatoms.